The average molecular weight is 435 g/mol. The van der Waals surface area contributed by atoms with Crippen LogP contribution in [0.4, 0.5) is 5.82 Å². The summed E-state index contributed by atoms with van der Waals surface area (Å²) in [4.78, 5) is 21.7. The second-order valence-corrected chi connectivity index (χ2v) is 8.85. The number of hydrogen-bond donors (Lipinski definition) is 2. The van der Waals surface area contributed by atoms with Crippen molar-refractivity contribution in [3.05, 3.63) is 6.20 Å². The van der Waals surface area contributed by atoms with Crippen LogP contribution in [0.15, 0.2) is 11.4 Å². The fourth-order valence-electron chi connectivity index (χ4n) is 3.79. The third kappa shape index (κ3) is 6.57. The van der Waals surface area contributed by atoms with E-state index in [2.05, 4.69) is 27.6 Å². The number of methoxy groups -OCH3 is 1. The maximum atomic E-state index is 12.3. The van der Waals surface area contributed by atoms with Gasteiger partial charge in [0.25, 0.3) is 0 Å². The van der Waals surface area contributed by atoms with E-state index in [9.17, 15) is 4.79 Å². The number of anilines is 1. The van der Waals surface area contributed by atoms with Gasteiger partial charge in [0.15, 0.2) is 10.8 Å². The summed E-state index contributed by atoms with van der Waals surface area (Å²) >= 11 is 1.64. The molecule has 1 aliphatic carbocycles. The van der Waals surface area contributed by atoms with Crippen molar-refractivity contribution in [2.24, 2.45) is 5.92 Å². The Morgan fingerprint density at radius 2 is 2.10 bits per heavy atom. The predicted molar refractivity (Wildman–Crippen MR) is 121 cm³/mol. The topological polar surface area (TPSA) is 94.0 Å². The normalized spacial score (nSPS) is 14.9. The fourth-order valence-corrected chi connectivity index (χ4v) is 4.48. The lowest BCUT2D eigenvalue weighted by atomic mass is 9.87. The molecule has 1 saturated carbocycles. The molecule has 0 spiro atoms. The van der Waals surface area contributed by atoms with Gasteiger partial charge >= 0.3 is 0 Å². The molecule has 2 N–H and O–H groups in total. The standard InChI is InChI=1S/C21H34N6O2S/c1-3-13-30-21-25-19(23-10-12-29-2)17-15-24-27(20(17)26-21)11-9-22-18(28)14-16-7-5-4-6-8-16/h15-16H,3-14H2,1-2H3,(H,22,28)(H,23,25,26). The Hall–Kier alpha value is -1.87. The van der Waals surface area contributed by atoms with E-state index in [1.54, 1.807) is 25.1 Å². The molecule has 0 aromatic carbocycles. The number of ether oxygens (including phenoxy) is 1. The van der Waals surface area contributed by atoms with Gasteiger partial charge in [0, 0.05) is 32.4 Å². The van der Waals surface area contributed by atoms with E-state index in [1.807, 2.05) is 4.68 Å². The van der Waals surface area contributed by atoms with Gasteiger partial charge in [-0.05, 0) is 25.2 Å². The Kier molecular flexibility index (Phi) is 9.20. The van der Waals surface area contributed by atoms with Crippen LogP contribution in [0.5, 0.6) is 0 Å². The van der Waals surface area contributed by atoms with E-state index < -0.39 is 0 Å². The molecule has 8 nitrogen and oxygen atoms in total. The van der Waals surface area contributed by atoms with Crippen LogP contribution in [-0.2, 0) is 16.1 Å². The smallest absolute Gasteiger partial charge is 0.220 e. The third-order valence-corrected chi connectivity index (χ3v) is 6.41. The number of aromatic nitrogens is 4. The number of amides is 1. The highest BCUT2D eigenvalue weighted by molar-refractivity contribution is 7.99. The minimum absolute atomic E-state index is 0.147. The van der Waals surface area contributed by atoms with E-state index in [4.69, 9.17) is 9.72 Å². The van der Waals surface area contributed by atoms with Crippen molar-refractivity contribution in [2.75, 3.05) is 37.9 Å². The molecule has 1 aliphatic rings. The molecule has 3 rings (SSSR count). The molecule has 0 radical (unpaired) electrons. The molecule has 9 heteroatoms. The second-order valence-electron chi connectivity index (χ2n) is 7.79. The average Bonchev–Trinajstić information content (AvgIpc) is 3.16. The van der Waals surface area contributed by atoms with Crippen LogP contribution >= 0.6 is 11.8 Å². The lowest BCUT2D eigenvalue weighted by molar-refractivity contribution is -0.122. The monoisotopic (exact) mass is 434 g/mol. The number of thioether (sulfide) groups is 1. The van der Waals surface area contributed by atoms with E-state index in [-0.39, 0.29) is 5.91 Å². The number of hydrogen-bond acceptors (Lipinski definition) is 7. The molecule has 1 fully saturated rings. The van der Waals surface area contributed by atoms with Crippen molar-refractivity contribution < 1.29 is 9.53 Å². The number of carbonyl (C=O) groups excluding carboxylic acids is 1. The number of fused-ring (bicyclic) bond motifs is 1. The summed E-state index contributed by atoms with van der Waals surface area (Å²) in [6.45, 7) is 4.55. The summed E-state index contributed by atoms with van der Waals surface area (Å²) in [5.41, 5.74) is 0.796. The highest BCUT2D eigenvalue weighted by Crippen LogP contribution is 2.26. The Bertz CT molecular complexity index is 806. The van der Waals surface area contributed by atoms with E-state index in [0.717, 1.165) is 34.2 Å². The van der Waals surface area contributed by atoms with Gasteiger partial charge in [0.1, 0.15) is 5.82 Å². The number of nitrogens with one attached hydrogen (secondary N) is 2. The van der Waals surface area contributed by atoms with Crippen molar-refractivity contribution in [3.8, 4) is 0 Å². The van der Waals surface area contributed by atoms with Crippen molar-refractivity contribution in [1.82, 2.24) is 25.1 Å². The molecule has 0 saturated heterocycles. The van der Waals surface area contributed by atoms with Crippen LogP contribution in [0.25, 0.3) is 11.0 Å². The summed E-state index contributed by atoms with van der Waals surface area (Å²) in [6, 6.07) is 0. The van der Waals surface area contributed by atoms with Crippen molar-refractivity contribution in [2.45, 2.75) is 63.6 Å². The molecular formula is C21H34N6O2S. The van der Waals surface area contributed by atoms with E-state index >= 15 is 0 Å². The Morgan fingerprint density at radius 1 is 1.27 bits per heavy atom. The summed E-state index contributed by atoms with van der Waals surface area (Å²) < 4.78 is 6.99. The predicted octanol–water partition coefficient (Wildman–Crippen LogP) is 3.47. The molecule has 2 heterocycles. The molecule has 1 amide bonds. The maximum Gasteiger partial charge on any atom is 0.220 e. The van der Waals surface area contributed by atoms with Crippen LogP contribution in [0.2, 0.25) is 0 Å². The SMILES string of the molecule is CCCSc1nc(NCCOC)c2cnn(CCNC(=O)CC3CCCCC3)c2n1. The molecular weight excluding hydrogens is 400 g/mol. The molecule has 2 aromatic rings. The van der Waals surface area contributed by atoms with Crippen molar-refractivity contribution in [3.63, 3.8) is 0 Å². The van der Waals surface area contributed by atoms with Gasteiger partial charge in [-0.25, -0.2) is 14.6 Å². The minimum Gasteiger partial charge on any atom is -0.383 e. The Balaban J connectivity index is 1.62. The third-order valence-electron chi connectivity index (χ3n) is 5.35. The highest BCUT2D eigenvalue weighted by atomic mass is 32.2. The fraction of sp³-hybridized carbons (Fsp3) is 0.714. The number of nitrogens with zero attached hydrogens (tertiary/aromatic N) is 4. The first-order chi connectivity index (χ1) is 14.7. The zero-order chi connectivity index (χ0) is 21.2. The molecule has 30 heavy (non-hydrogen) atoms. The van der Waals surface area contributed by atoms with Gasteiger partial charge in [-0.1, -0.05) is 37.9 Å². The molecule has 0 bridgehead atoms. The van der Waals surface area contributed by atoms with Gasteiger partial charge < -0.3 is 15.4 Å². The molecule has 166 valence electrons. The van der Waals surface area contributed by atoms with Crippen LogP contribution in [0.1, 0.15) is 51.9 Å². The van der Waals surface area contributed by atoms with Gasteiger partial charge in [-0.2, -0.15) is 5.10 Å². The first kappa shape index (κ1) is 22.8. The number of carbonyl (C=O) groups is 1. The molecule has 0 unspecified atom stereocenters. The van der Waals surface area contributed by atoms with E-state index in [1.165, 1.54) is 32.1 Å². The quantitative estimate of drug-likeness (QED) is 0.300. The van der Waals surface area contributed by atoms with Crippen molar-refractivity contribution in [1.29, 1.82) is 0 Å². The lowest BCUT2D eigenvalue weighted by Crippen LogP contribution is -2.29. The van der Waals surface area contributed by atoms with Crippen molar-refractivity contribution >= 4 is 34.5 Å². The summed E-state index contributed by atoms with van der Waals surface area (Å²) in [5.74, 6) is 2.45. The Morgan fingerprint density at radius 3 is 2.87 bits per heavy atom. The molecule has 0 atom stereocenters. The van der Waals surface area contributed by atoms with Gasteiger partial charge in [0.05, 0.1) is 24.7 Å². The maximum absolute atomic E-state index is 12.3. The van der Waals surface area contributed by atoms with E-state index in [0.29, 0.717) is 38.6 Å². The second kappa shape index (κ2) is 12.1. The minimum atomic E-state index is 0.147. The lowest BCUT2D eigenvalue weighted by Gasteiger charge is -2.20. The van der Waals surface area contributed by atoms with Crippen LogP contribution in [0, 0.1) is 5.92 Å². The highest BCUT2D eigenvalue weighted by Gasteiger charge is 2.17. The van der Waals surface area contributed by atoms with Gasteiger partial charge in [-0.15, -0.1) is 0 Å². The summed E-state index contributed by atoms with van der Waals surface area (Å²) in [7, 11) is 1.68. The zero-order valence-electron chi connectivity index (χ0n) is 18.2. The summed E-state index contributed by atoms with van der Waals surface area (Å²) in [5, 5.41) is 12.5. The van der Waals surface area contributed by atoms with Gasteiger partial charge in [0.2, 0.25) is 5.91 Å². The van der Waals surface area contributed by atoms with Crippen LogP contribution < -0.4 is 10.6 Å². The summed E-state index contributed by atoms with van der Waals surface area (Å²) in [6.07, 6.45) is 9.70. The van der Waals surface area contributed by atoms with Crippen LogP contribution in [0.3, 0.4) is 0 Å². The molecule has 0 aliphatic heterocycles. The largest absolute Gasteiger partial charge is 0.383 e. The first-order valence-corrected chi connectivity index (χ1v) is 12.1. The Labute approximate surface area is 182 Å². The molecule has 2 aromatic heterocycles. The zero-order valence-corrected chi connectivity index (χ0v) is 19.0. The first-order valence-electron chi connectivity index (χ1n) is 11.1. The van der Waals surface area contributed by atoms with Crippen LogP contribution in [-0.4, -0.2) is 58.2 Å². The van der Waals surface area contributed by atoms with Gasteiger partial charge in [-0.3, -0.25) is 4.79 Å². The number of rotatable bonds is 12.